The van der Waals surface area contributed by atoms with Gasteiger partial charge in [-0.1, -0.05) is 23.4 Å². The SMILES string of the molecule is O=[N+]([O-])c1ccc(Nc2c(C=NO)[nH]c3ccccc23)cc1. The summed E-state index contributed by atoms with van der Waals surface area (Å²) in [7, 11) is 0. The standard InChI is InChI=1S/C15H12N4O3/c20-16-9-14-15(12-3-1-2-4-13(12)18-14)17-10-5-7-11(8-6-10)19(21)22/h1-9,17-18,20H. The summed E-state index contributed by atoms with van der Waals surface area (Å²) in [5.41, 5.74) is 2.97. The quantitative estimate of drug-likeness (QED) is 0.296. The summed E-state index contributed by atoms with van der Waals surface area (Å²) in [6.07, 6.45) is 1.30. The van der Waals surface area contributed by atoms with E-state index in [4.69, 9.17) is 5.21 Å². The van der Waals surface area contributed by atoms with Crippen LogP contribution in [-0.4, -0.2) is 21.3 Å². The Morgan fingerprint density at radius 3 is 2.59 bits per heavy atom. The molecule has 22 heavy (non-hydrogen) atoms. The lowest BCUT2D eigenvalue weighted by Crippen LogP contribution is -1.94. The fraction of sp³-hybridized carbons (Fsp3) is 0. The van der Waals surface area contributed by atoms with E-state index in [2.05, 4.69) is 15.5 Å². The Kier molecular flexibility index (Phi) is 3.45. The second-order valence-electron chi connectivity index (χ2n) is 4.63. The molecule has 2 aromatic carbocycles. The van der Waals surface area contributed by atoms with Gasteiger partial charge >= 0.3 is 0 Å². The molecule has 110 valence electrons. The highest BCUT2D eigenvalue weighted by atomic mass is 16.6. The van der Waals surface area contributed by atoms with Gasteiger partial charge in [0, 0.05) is 28.7 Å². The first-order valence-corrected chi connectivity index (χ1v) is 6.48. The molecule has 0 atom stereocenters. The van der Waals surface area contributed by atoms with E-state index >= 15 is 0 Å². The van der Waals surface area contributed by atoms with E-state index in [-0.39, 0.29) is 5.69 Å². The van der Waals surface area contributed by atoms with Crippen LogP contribution in [0.1, 0.15) is 5.69 Å². The lowest BCUT2D eigenvalue weighted by atomic mass is 10.2. The minimum atomic E-state index is -0.445. The van der Waals surface area contributed by atoms with Crippen LogP contribution in [0.15, 0.2) is 53.7 Å². The molecule has 0 saturated heterocycles. The average Bonchev–Trinajstić information content (AvgIpc) is 2.86. The van der Waals surface area contributed by atoms with Gasteiger partial charge in [-0.2, -0.15) is 0 Å². The minimum Gasteiger partial charge on any atom is -0.411 e. The van der Waals surface area contributed by atoms with Crippen molar-refractivity contribution in [2.45, 2.75) is 0 Å². The Hall–Kier alpha value is -3.35. The number of H-pyrrole nitrogens is 1. The van der Waals surface area contributed by atoms with Crippen LogP contribution in [0.25, 0.3) is 10.9 Å². The second-order valence-corrected chi connectivity index (χ2v) is 4.63. The molecule has 0 bridgehead atoms. The average molecular weight is 296 g/mol. The van der Waals surface area contributed by atoms with Gasteiger partial charge in [-0.05, 0) is 18.2 Å². The van der Waals surface area contributed by atoms with Gasteiger partial charge in [-0.3, -0.25) is 10.1 Å². The van der Waals surface area contributed by atoms with E-state index in [0.29, 0.717) is 11.4 Å². The third-order valence-electron chi connectivity index (χ3n) is 3.27. The van der Waals surface area contributed by atoms with Crippen molar-refractivity contribution in [2.24, 2.45) is 5.16 Å². The number of anilines is 2. The van der Waals surface area contributed by atoms with E-state index in [0.717, 1.165) is 16.6 Å². The topological polar surface area (TPSA) is 104 Å². The smallest absolute Gasteiger partial charge is 0.269 e. The lowest BCUT2D eigenvalue weighted by molar-refractivity contribution is -0.384. The van der Waals surface area contributed by atoms with Crippen LogP contribution in [0.4, 0.5) is 17.1 Å². The van der Waals surface area contributed by atoms with Crippen molar-refractivity contribution in [3.8, 4) is 0 Å². The maximum Gasteiger partial charge on any atom is 0.269 e. The van der Waals surface area contributed by atoms with Crippen molar-refractivity contribution in [2.75, 3.05) is 5.32 Å². The molecule has 0 fully saturated rings. The molecule has 1 aromatic heterocycles. The molecule has 3 aromatic rings. The number of hydrogen-bond acceptors (Lipinski definition) is 5. The molecule has 0 amide bonds. The number of hydrogen-bond donors (Lipinski definition) is 3. The summed E-state index contributed by atoms with van der Waals surface area (Å²) in [5.74, 6) is 0. The van der Waals surface area contributed by atoms with Crippen molar-refractivity contribution in [1.29, 1.82) is 0 Å². The third kappa shape index (κ3) is 2.47. The fourth-order valence-corrected chi connectivity index (χ4v) is 2.26. The molecule has 0 spiro atoms. The maximum atomic E-state index is 10.7. The Balaban J connectivity index is 2.02. The van der Waals surface area contributed by atoms with Crippen LogP contribution in [0.2, 0.25) is 0 Å². The zero-order chi connectivity index (χ0) is 15.5. The number of nitrogens with zero attached hydrogens (tertiary/aromatic N) is 2. The zero-order valence-electron chi connectivity index (χ0n) is 11.4. The van der Waals surface area contributed by atoms with Gasteiger partial charge in [0.05, 0.1) is 22.5 Å². The van der Waals surface area contributed by atoms with Gasteiger partial charge in [-0.15, -0.1) is 0 Å². The van der Waals surface area contributed by atoms with Gasteiger partial charge in [0.1, 0.15) is 0 Å². The first kappa shape index (κ1) is 13.6. The molecular formula is C15H12N4O3. The predicted molar refractivity (Wildman–Crippen MR) is 84.1 cm³/mol. The number of oxime groups is 1. The van der Waals surface area contributed by atoms with E-state index in [1.54, 1.807) is 12.1 Å². The van der Waals surface area contributed by atoms with Gasteiger partial charge in [-0.25, -0.2) is 0 Å². The molecule has 3 rings (SSSR count). The Morgan fingerprint density at radius 2 is 1.91 bits per heavy atom. The van der Waals surface area contributed by atoms with Crippen LogP contribution < -0.4 is 5.32 Å². The van der Waals surface area contributed by atoms with E-state index < -0.39 is 4.92 Å². The maximum absolute atomic E-state index is 10.7. The molecule has 3 N–H and O–H groups in total. The molecule has 0 radical (unpaired) electrons. The molecule has 0 saturated carbocycles. The number of benzene rings is 2. The number of aromatic amines is 1. The molecule has 7 nitrogen and oxygen atoms in total. The molecule has 1 heterocycles. The Bertz CT molecular complexity index is 853. The third-order valence-corrected chi connectivity index (χ3v) is 3.27. The number of nitro groups is 1. The Labute approximate surface area is 125 Å². The molecule has 0 aliphatic carbocycles. The lowest BCUT2D eigenvalue weighted by Gasteiger charge is -2.06. The number of rotatable bonds is 4. The number of nitro benzene ring substituents is 1. The summed E-state index contributed by atoms with van der Waals surface area (Å²) >= 11 is 0. The number of fused-ring (bicyclic) bond motifs is 1. The minimum absolute atomic E-state index is 0.0293. The van der Waals surface area contributed by atoms with Gasteiger partial charge in [0.25, 0.3) is 5.69 Å². The van der Waals surface area contributed by atoms with Crippen molar-refractivity contribution in [1.82, 2.24) is 4.98 Å². The van der Waals surface area contributed by atoms with Crippen molar-refractivity contribution < 1.29 is 10.1 Å². The largest absolute Gasteiger partial charge is 0.411 e. The second kappa shape index (κ2) is 5.57. The van der Waals surface area contributed by atoms with Crippen LogP contribution in [0, 0.1) is 10.1 Å². The van der Waals surface area contributed by atoms with Crippen molar-refractivity contribution >= 4 is 34.2 Å². The highest BCUT2D eigenvalue weighted by Gasteiger charge is 2.11. The van der Waals surface area contributed by atoms with E-state index in [1.807, 2.05) is 24.3 Å². The van der Waals surface area contributed by atoms with Gasteiger partial charge in [0.15, 0.2) is 0 Å². The van der Waals surface area contributed by atoms with Gasteiger partial charge < -0.3 is 15.5 Å². The monoisotopic (exact) mass is 296 g/mol. The summed E-state index contributed by atoms with van der Waals surface area (Å²) in [5, 5.41) is 26.6. The van der Waals surface area contributed by atoms with E-state index in [9.17, 15) is 10.1 Å². The van der Waals surface area contributed by atoms with E-state index in [1.165, 1.54) is 18.3 Å². The first-order valence-electron chi connectivity index (χ1n) is 6.48. The highest BCUT2D eigenvalue weighted by molar-refractivity contribution is 6.04. The highest BCUT2D eigenvalue weighted by Crippen LogP contribution is 2.30. The van der Waals surface area contributed by atoms with Crippen molar-refractivity contribution in [3.63, 3.8) is 0 Å². The summed E-state index contributed by atoms with van der Waals surface area (Å²) < 4.78 is 0. The van der Waals surface area contributed by atoms with Crippen LogP contribution in [0.3, 0.4) is 0 Å². The number of para-hydroxylation sites is 1. The fourth-order valence-electron chi connectivity index (χ4n) is 2.26. The molecular weight excluding hydrogens is 284 g/mol. The summed E-state index contributed by atoms with van der Waals surface area (Å²) in [4.78, 5) is 13.4. The summed E-state index contributed by atoms with van der Waals surface area (Å²) in [6.45, 7) is 0. The number of non-ortho nitro benzene ring substituents is 1. The molecule has 0 aliphatic heterocycles. The normalized spacial score (nSPS) is 11.1. The van der Waals surface area contributed by atoms with Crippen molar-refractivity contribution in [3.05, 3.63) is 64.3 Å². The number of nitrogens with one attached hydrogen (secondary N) is 2. The van der Waals surface area contributed by atoms with Gasteiger partial charge in [0.2, 0.25) is 0 Å². The first-order chi connectivity index (χ1) is 10.7. The summed E-state index contributed by atoms with van der Waals surface area (Å²) in [6, 6.07) is 13.7. The van der Waals surface area contributed by atoms with Crippen LogP contribution >= 0.6 is 0 Å². The number of aromatic nitrogens is 1. The zero-order valence-corrected chi connectivity index (χ0v) is 11.4. The molecule has 7 heteroatoms. The Morgan fingerprint density at radius 1 is 1.18 bits per heavy atom. The molecule has 0 unspecified atom stereocenters. The van der Waals surface area contributed by atoms with Crippen LogP contribution in [0.5, 0.6) is 0 Å². The van der Waals surface area contributed by atoms with Crippen LogP contribution in [-0.2, 0) is 0 Å². The predicted octanol–water partition coefficient (Wildman–Crippen LogP) is 3.63. The molecule has 0 aliphatic rings.